The van der Waals surface area contributed by atoms with E-state index in [1.165, 1.54) is 6.08 Å². The summed E-state index contributed by atoms with van der Waals surface area (Å²) in [5.41, 5.74) is 1.06. The van der Waals surface area contributed by atoms with Gasteiger partial charge in [-0.2, -0.15) is 0 Å². The highest BCUT2D eigenvalue weighted by molar-refractivity contribution is 6.33. The number of hydrogen-bond acceptors (Lipinski definition) is 3. The smallest absolute Gasteiger partial charge is 0.207 e. The minimum atomic E-state index is -0.164. The van der Waals surface area contributed by atoms with E-state index in [1.807, 2.05) is 26.2 Å². The second-order valence-electron chi connectivity index (χ2n) is 3.82. The molecule has 0 aliphatic heterocycles. The third-order valence-corrected chi connectivity index (χ3v) is 2.51. The quantitative estimate of drug-likeness (QED) is 0.619. The van der Waals surface area contributed by atoms with Gasteiger partial charge in [0.25, 0.3) is 0 Å². The van der Waals surface area contributed by atoms with Crippen molar-refractivity contribution in [3.8, 4) is 0 Å². The fourth-order valence-corrected chi connectivity index (χ4v) is 1.75. The third kappa shape index (κ3) is 2.31. The number of halogens is 1. The zero-order chi connectivity index (χ0) is 12.4. The molecule has 2 aromatic rings. The summed E-state index contributed by atoms with van der Waals surface area (Å²) in [7, 11) is 3.69. The maximum Gasteiger partial charge on any atom is 0.207 e. The summed E-state index contributed by atoms with van der Waals surface area (Å²) in [6, 6.07) is 5.48. The molecule has 4 nitrogen and oxygen atoms in total. The van der Waals surface area contributed by atoms with E-state index in [1.54, 1.807) is 27.8 Å². The number of ketones is 1. The monoisotopic (exact) mass is 249 g/mol. The van der Waals surface area contributed by atoms with Crippen LogP contribution in [0.4, 0.5) is 0 Å². The Morgan fingerprint density at radius 3 is 2.94 bits per heavy atom. The summed E-state index contributed by atoms with van der Waals surface area (Å²) in [5, 5.41) is 0.226. The molecule has 0 spiro atoms. The van der Waals surface area contributed by atoms with E-state index in [2.05, 4.69) is 4.98 Å². The maximum absolute atomic E-state index is 12.0. The molecular weight excluding hydrogens is 238 g/mol. The first-order valence-electron chi connectivity index (χ1n) is 5.11. The Kier molecular flexibility index (Phi) is 3.15. The van der Waals surface area contributed by atoms with Gasteiger partial charge < -0.3 is 4.90 Å². The largest absolute Gasteiger partial charge is 0.383 e. The first-order chi connectivity index (χ1) is 8.09. The van der Waals surface area contributed by atoms with Gasteiger partial charge in [-0.1, -0.05) is 17.7 Å². The molecule has 0 fully saturated rings. The SMILES string of the molecule is CN(C)C=CC(=O)c1c(Cl)nc2ccccn12. The molecule has 0 radical (unpaired) electrons. The fraction of sp³-hybridized carbons (Fsp3) is 0.167. The highest BCUT2D eigenvalue weighted by Crippen LogP contribution is 2.18. The number of allylic oxidation sites excluding steroid dienone is 1. The van der Waals surface area contributed by atoms with Crippen LogP contribution in [0.5, 0.6) is 0 Å². The Hall–Kier alpha value is -1.81. The van der Waals surface area contributed by atoms with Crippen molar-refractivity contribution in [1.29, 1.82) is 0 Å². The normalized spacial score (nSPS) is 11.2. The topological polar surface area (TPSA) is 37.6 Å². The Morgan fingerprint density at radius 1 is 1.47 bits per heavy atom. The van der Waals surface area contributed by atoms with Gasteiger partial charge in [-0.15, -0.1) is 0 Å². The molecule has 0 unspecified atom stereocenters. The number of fused-ring (bicyclic) bond motifs is 1. The van der Waals surface area contributed by atoms with E-state index in [-0.39, 0.29) is 10.9 Å². The van der Waals surface area contributed by atoms with Gasteiger partial charge in [0, 0.05) is 32.6 Å². The summed E-state index contributed by atoms with van der Waals surface area (Å²) in [6.45, 7) is 0. The molecule has 0 atom stereocenters. The average molecular weight is 250 g/mol. The second-order valence-corrected chi connectivity index (χ2v) is 4.18. The van der Waals surface area contributed by atoms with Crippen LogP contribution in [0, 0.1) is 0 Å². The molecule has 5 heteroatoms. The molecule has 2 heterocycles. The average Bonchev–Trinajstić information content (AvgIpc) is 2.61. The summed E-state index contributed by atoms with van der Waals surface area (Å²) in [4.78, 5) is 17.9. The highest BCUT2D eigenvalue weighted by Gasteiger charge is 2.15. The third-order valence-electron chi connectivity index (χ3n) is 2.24. The number of imidazole rings is 1. The van der Waals surface area contributed by atoms with E-state index in [0.717, 1.165) is 0 Å². The minimum absolute atomic E-state index is 0.164. The maximum atomic E-state index is 12.0. The molecule has 0 aliphatic carbocycles. The molecule has 88 valence electrons. The Labute approximate surface area is 104 Å². The first-order valence-corrected chi connectivity index (χ1v) is 5.49. The van der Waals surface area contributed by atoms with Crippen LogP contribution in [-0.4, -0.2) is 34.2 Å². The Morgan fingerprint density at radius 2 is 2.24 bits per heavy atom. The van der Waals surface area contributed by atoms with Gasteiger partial charge in [0.05, 0.1) is 0 Å². The number of carbonyl (C=O) groups excluding carboxylic acids is 1. The van der Waals surface area contributed by atoms with Crippen LogP contribution in [-0.2, 0) is 0 Å². The van der Waals surface area contributed by atoms with E-state index < -0.39 is 0 Å². The standard InChI is InChI=1S/C12H12ClN3O/c1-15(2)8-6-9(17)11-12(13)14-10-5-3-4-7-16(10)11/h3-8H,1-2H3. The lowest BCUT2D eigenvalue weighted by Gasteiger charge is -2.02. The number of pyridine rings is 1. The molecular formula is C12H12ClN3O. The van der Waals surface area contributed by atoms with Crippen molar-refractivity contribution in [2.24, 2.45) is 0 Å². The lowest BCUT2D eigenvalue weighted by Crippen LogP contribution is -2.05. The van der Waals surface area contributed by atoms with Crippen molar-refractivity contribution in [2.75, 3.05) is 14.1 Å². The van der Waals surface area contributed by atoms with Crippen LogP contribution in [0.1, 0.15) is 10.5 Å². The summed E-state index contributed by atoms with van der Waals surface area (Å²) >= 11 is 5.98. The molecule has 17 heavy (non-hydrogen) atoms. The van der Waals surface area contributed by atoms with Crippen molar-refractivity contribution in [3.63, 3.8) is 0 Å². The molecule has 2 aromatic heterocycles. The fourth-order valence-electron chi connectivity index (χ4n) is 1.48. The van der Waals surface area contributed by atoms with Crippen molar-refractivity contribution in [3.05, 3.63) is 47.5 Å². The molecule has 0 N–H and O–H groups in total. The lowest BCUT2D eigenvalue weighted by atomic mass is 10.3. The number of aromatic nitrogens is 2. The van der Waals surface area contributed by atoms with Gasteiger partial charge in [-0.25, -0.2) is 4.98 Å². The van der Waals surface area contributed by atoms with Crippen LogP contribution in [0.2, 0.25) is 5.15 Å². The van der Waals surface area contributed by atoms with Crippen LogP contribution in [0.15, 0.2) is 36.7 Å². The Bertz CT molecular complexity index is 586. The molecule has 0 aromatic carbocycles. The van der Waals surface area contributed by atoms with Gasteiger partial charge in [-0.3, -0.25) is 9.20 Å². The van der Waals surface area contributed by atoms with E-state index >= 15 is 0 Å². The Balaban J connectivity index is 2.48. The summed E-state index contributed by atoms with van der Waals surface area (Å²) in [5.74, 6) is -0.164. The van der Waals surface area contributed by atoms with Gasteiger partial charge in [0.2, 0.25) is 5.78 Å². The van der Waals surface area contributed by atoms with Crippen LogP contribution < -0.4 is 0 Å². The summed E-state index contributed by atoms with van der Waals surface area (Å²) < 4.78 is 1.69. The van der Waals surface area contributed by atoms with Crippen LogP contribution >= 0.6 is 11.6 Å². The molecule has 0 saturated carbocycles. The molecule has 0 amide bonds. The number of hydrogen-bond donors (Lipinski definition) is 0. The molecule has 2 rings (SSSR count). The van der Waals surface area contributed by atoms with E-state index in [9.17, 15) is 4.79 Å². The molecule has 0 aliphatic rings. The van der Waals surface area contributed by atoms with Gasteiger partial charge in [0.1, 0.15) is 11.3 Å². The number of nitrogens with zero attached hydrogens (tertiary/aromatic N) is 3. The lowest BCUT2D eigenvalue weighted by molar-refractivity contribution is 0.104. The molecule has 0 bridgehead atoms. The number of rotatable bonds is 3. The predicted molar refractivity (Wildman–Crippen MR) is 67.4 cm³/mol. The highest BCUT2D eigenvalue weighted by atomic mass is 35.5. The van der Waals surface area contributed by atoms with Crippen molar-refractivity contribution in [2.45, 2.75) is 0 Å². The van der Waals surface area contributed by atoms with E-state index in [4.69, 9.17) is 11.6 Å². The van der Waals surface area contributed by atoms with Crippen LogP contribution in [0.25, 0.3) is 5.65 Å². The van der Waals surface area contributed by atoms with Crippen molar-refractivity contribution >= 4 is 23.0 Å². The van der Waals surface area contributed by atoms with Gasteiger partial charge >= 0.3 is 0 Å². The zero-order valence-corrected chi connectivity index (χ0v) is 10.3. The van der Waals surface area contributed by atoms with Crippen molar-refractivity contribution in [1.82, 2.24) is 14.3 Å². The first kappa shape index (κ1) is 11.7. The summed E-state index contributed by atoms with van der Waals surface area (Å²) in [6.07, 6.45) is 4.92. The van der Waals surface area contributed by atoms with Gasteiger partial charge in [-0.05, 0) is 12.1 Å². The minimum Gasteiger partial charge on any atom is -0.383 e. The van der Waals surface area contributed by atoms with Crippen molar-refractivity contribution < 1.29 is 4.79 Å². The van der Waals surface area contributed by atoms with Crippen LogP contribution in [0.3, 0.4) is 0 Å². The predicted octanol–water partition coefficient (Wildman–Crippen LogP) is 2.25. The molecule has 0 saturated heterocycles. The number of carbonyl (C=O) groups is 1. The zero-order valence-electron chi connectivity index (χ0n) is 9.59. The van der Waals surface area contributed by atoms with E-state index in [0.29, 0.717) is 11.3 Å². The van der Waals surface area contributed by atoms with Gasteiger partial charge in [0.15, 0.2) is 5.15 Å². The second kappa shape index (κ2) is 4.59.